The van der Waals surface area contributed by atoms with Gasteiger partial charge in [0.05, 0.1) is 38.7 Å². The normalized spacial score (nSPS) is 12.6. The molecule has 0 spiro atoms. The number of hydrogen-bond donors (Lipinski definition) is 1. The second-order valence-corrected chi connectivity index (χ2v) is 7.94. The van der Waals surface area contributed by atoms with Crippen LogP contribution in [-0.2, 0) is 16.0 Å². The number of nitrogens with one attached hydrogen (secondary N) is 1. The SMILES string of the molecule is COC(=O)c1nc(NC(=O)Cc2ccc3c(c2)OCCCO3)sc1-c1ccccc1OC. The number of para-hydroxylation sites is 1. The molecule has 32 heavy (non-hydrogen) atoms. The zero-order valence-electron chi connectivity index (χ0n) is 17.7. The topological polar surface area (TPSA) is 96.0 Å². The van der Waals surface area contributed by atoms with Crippen LogP contribution in [0.2, 0.25) is 0 Å². The number of methoxy groups -OCH3 is 2. The Morgan fingerprint density at radius 2 is 1.88 bits per heavy atom. The zero-order chi connectivity index (χ0) is 22.5. The lowest BCUT2D eigenvalue weighted by molar-refractivity contribution is -0.115. The molecular formula is C23H22N2O6S. The molecule has 0 fully saturated rings. The summed E-state index contributed by atoms with van der Waals surface area (Å²) in [5.74, 6) is 1.04. The average molecular weight is 455 g/mol. The molecule has 0 radical (unpaired) electrons. The van der Waals surface area contributed by atoms with Crippen molar-refractivity contribution in [1.29, 1.82) is 0 Å². The van der Waals surface area contributed by atoms with Crippen LogP contribution in [0.15, 0.2) is 42.5 Å². The van der Waals surface area contributed by atoms with Gasteiger partial charge in [0.25, 0.3) is 0 Å². The van der Waals surface area contributed by atoms with E-state index in [0.717, 1.165) is 12.0 Å². The maximum absolute atomic E-state index is 12.7. The van der Waals surface area contributed by atoms with Crippen LogP contribution in [0.5, 0.6) is 17.2 Å². The van der Waals surface area contributed by atoms with Crippen molar-refractivity contribution in [2.45, 2.75) is 12.8 Å². The van der Waals surface area contributed by atoms with Gasteiger partial charge in [0.1, 0.15) is 5.75 Å². The van der Waals surface area contributed by atoms with E-state index in [0.29, 0.717) is 46.0 Å². The largest absolute Gasteiger partial charge is 0.496 e. The number of carbonyl (C=O) groups excluding carboxylic acids is 2. The smallest absolute Gasteiger partial charge is 0.358 e. The first-order chi connectivity index (χ1) is 15.6. The fourth-order valence-corrected chi connectivity index (χ4v) is 4.29. The van der Waals surface area contributed by atoms with Crippen molar-refractivity contribution >= 4 is 28.3 Å². The number of esters is 1. The van der Waals surface area contributed by atoms with Gasteiger partial charge in [0.2, 0.25) is 5.91 Å². The van der Waals surface area contributed by atoms with E-state index in [-0.39, 0.29) is 18.0 Å². The third kappa shape index (κ3) is 4.67. The molecule has 1 aromatic heterocycles. The van der Waals surface area contributed by atoms with Crippen LogP contribution >= 0.6 is 11.3 Å². The number of thiazole rings is 1. The number of nitrogens with zero attached hydrogens (tertiary/aromatic N) is 1. The summed E-state index contributed by atoms with van der Waals surface area (Å²) in [5, 5.41) is 3.07. The van der Waals surface area contributed by atoms with Crippen molar-refractivity contribution in [2.75, 3.05) is 32.8 Å². The Kier molecular flexibility index (Phi) is 6.55. The highest BCUT2D eigenvalue weighted by Gasteiger charge is 2.23. The molecule has 1 N–H and O–H groups in total. The standard InChI is InChI=1S/C23H22N2O6S/c1-28-16-7-4-3-6-15(16)21-20(22(27)29-2)25-23(32-21)24-19(26)13-14-8-9-17-18(12-14)31-11-5-10-30-17/h3-4,6-9,12H,5,10-11,13H2,1-2H3,(H,24,25,26). The summed E-state index contributed by atoms with van der Waals surface area (Å²) in [4.78, 5) is 29.8. The van der Waals surface area contributed by atoms with Gasteiger partial charge in [0, 0.05) is 12.0 Å². The van der Waals surface area contributed by atoms with Crippen LogP contribution in [-0.4, -0.2) is 44.3 Å². The van der Waals surface area contributed by atoms with Crippen LogP contribution in [0.4, 0.5) is 5.13 Å². The molecule has 1 aliphatic rings. The lowest BCUT2D eigenvalue weighted by atomic mass is 10.1. The molecule has 8 nitrogen and oxygen atoms in total. The summed E-state index contributed by atoms with van der Waals surface area (Å²) < 4.78 is 21.6. The molecule has 0 atom stereocenters. The van der Waals surface area contributed by atoms with Gasteiger partial charge in [-0.25, -0.2) is 9.78 Å². The molecule has 1 aliphatic heterocycles. The number of carbonyl (C=O) groups is 2. The third-order valence-corrected chi connectivity index (χ3v) is 5.78. The number of ether oxygens (including phenoxy) is 4. The minimum atomic E-state index is -0.592. The molecule has 0 unspecified atom stereocenters. The predicted octanol–water partition coefficient (Wildman–Crippen LogP) is 3.95. The van der Waals surface area contributed by atoms with Crippen molar-refractivity contribution in [3.05, 3.63) is 53.7 Å². The highest BCUT2D eigenvalue weighted by atomic mass is 32.1. The summed E-state index contributed by atoms with van der Waals surface area (Å²) in [6.07, 6.45) is 0.930. The molecule has 9 heteroatoms. The van der Waals surface area contributed by atoms with Gasteiger partial charge in [-0.15, -0.1) is 0 Å². The summed E-state index contributed by atoms with van der Waals surface area (Å²) in [5.41, 5.74) is 1.59. The van der Waals surface area contributed by atoms with Gasteiger partial charge < -0.3 is 24.3 Å². The number of benzene rings is 2. The molecule has 1 amide bonds. The maximum Gasteiger partial charge on any atom is 0.358 e. The highest BCUT2D eigenvalue weighted by Crippen LogP contribution is 2.39. The molecule has 4 rings (SSSR count). The molecule has 2 aromatic carbocycles. The van der Waals surface area contributed by atoms with Gasteiger partial charge in [-0.05, 0) is 29.8 Å². The van der Waals surface area contributed by atoms with E-state index in [1.165, 1.54) is 18.4 Å². The van der Waals surface area contributed by atoms with Crippen molar-refractivity contribution in [2.24, 2.45) is 0 Å². The Hall–Kier alpha value is -3.59. The van der Waals surface area contributed by atoms with E-state index in [4.69, 9.17) is 18.9 Å². The number of hydrogen-bond acceptors (Lipinski definition) is 8. The number of rotatable bonds is 6. The molecule has 166 valence electrons. The average Bonchev–Trinajstić information content (AvgIpc) is 3.07. The van der Waals surface area contributed by atoms with E-state index >= 15 is 0 Å². The first-order valence-electron chi connectivity index (χ1n) is 10.00. The summed E-state index contributed by atoms with van der Waals surface area (Å²) in [6.45, 7) is 1.18. The second kappa shape index (κ2) is 9.69. The van der Waals surface area contributed by atoms with Crippen molar-refractivity contribution in [3.8, 4) is 27.7 Å². The van der Waals surface area contributed by atoms with E-state index in [1.807, 2.05) is 36.4 Å². The number of amides is 1. The number of anilines is 1. The predicted molar refractivity (Wildman–Crippen MR) is 120 cm³/mol. The Balaban J connectivity index is 1.55. The minimum Gasteiger partial charge on any atom is -0.496 e. The minimum absolute atomic E-state index is 0.118. The van der Waals surface area contributed by atoms with Crippen molar-refractivity contribution in [1.82, 2.24) is 4.98 Å². The fourth-order valence-electron chi connectivity index (χ4n) is 3.29. The molecule has 3 aromatic rings. The van der Waals surface area contributed by atoms with Crippen LogP contribution in [0.3, 0.4) is 0 Å². The van der Waals surface area contributed by atoms with Gasteiger partial charge >= 0.3 is 5.97 Å². The Morgan fingerprint density at radius 1 is 1.09 bits per heavy atom. The quantitative estimate of drug-likeness (QED) is 0.564. The van der Waals surface area contributed by atoms with Gasteiger partial charge in [-0.3, -0.25) is 4.79 Å². The van der Waals surface area contributed by atoms with E-state index in [9.17, 15) is 9.59 Å². The highest BCUT2D eigenvalue weighted by molar-refractivity contribution is 7.19. The second-order valence-electron chi connectivity index (χ2n) is 6.95. The lowest BCUT2D eigenvalue weighted by Gasteiger charge is -2.09. The first kappa shape index (κ1) is 21.6. The number of fused-ring (bicyclic) bond motifs is 1. The van der Waals surface area contributed by atoms with E-state index in [2.05, 4.69) is 10.3 Å². The number of aromatic nitrogens is 1. The van der Waals surface area contributed by atoms with Gasteiger partial charge in [-0.1, -0.05) is 29.5 Å². The van der Waals surface area contributed by atoms with Crippen LogP contribution in [0.25, 0.3) is 10.4 Å². The maximum atomic E-state index is 12.7. The fraction of sp³-hybridized carbons (Fsp3) is 0.261. The Bertz CT molecular complexity index is 1140. The third-order valence-electron chi connectivity index (χ3n) is 4.78. The molecule has 0 bridgehead atoms. The summed E-state index contributed by atoms with van der Waals surface area (Å²) in [7, 11) is 2.84. The van der Waals surface area contributed by atoms with Crippen molar-refractivity contribution < 1.29 is 28.5 Å². The monoisotopic (exact) mass is 454 g/mol. The molecule has 2 heterocycles. The molecular weight excluding hydrogens is 432 g/mol. The van der Waals surface area contributed by atoms with Crippen LogP contribution < -0.4 is 19.5 Å². The summed E-state index contributed by atoms with van der Waals surface area (Å²) in [6, 6.07) is 12.7. The first-order valence-corrected chi connectivity index (χ1v) is 10.8. The van der Waals surface area contributed by atoms with Crippen molar-refractivity contribution in [3.63, 3.8) is 0 Å². The summed E-state index contributed by atoms with van der Waals surface area (Å²) >= 11 is 1.18. The lowest BCUT2D eigenvalue weighted by Crippen LogP contribution is -2.14. The van der Waals surface area contributed by atoms with Crippen LogP contribution in [0, 0.1) is 0 Å². The molecule has 0 aliphatic carbocycles. The Labute approximate surface area is 189 Å². The molecule has 0 saturated carbocycles. The van der Waals surface area contributed by atoms with E-state index < -0.39 is 5.97 Å². The van der Waals surface area contributed by atoms with Gasteiger partial charge in [-0.2, -0.15) is 0 Å². The van der Waals surface area contributed by atoms with Crippen LogP contribution in [0.1, 0.15) is 22.5 Å². The zero-order valence-corrected chi connectivity index (χ0v) is 18.5. The molecule has 0 saturated heterocycles. The van der Waals surface area contributed by atoms with Gasteiger partial charge in [0.15, 0.2) is 22.3 Å². The Morgan fingerprint density at radius 3 is 2.66 bits per heavy atom. The van der Waals surface area contributed by atoms with E-state index in [1.54, 1.807) is 13.2 Å².